The Morgan fingerprint density at radius 3 is 2.47 bits per heavy atom. The Labute approximate surface area is 104 Å². The third-order valence-electron chi connectivity index (χ3n) is 2.85. The van der Waals surface area contributed by atoms with Crippen molar-refractivity contribution < 1.29 is 9.90 Å². The smallest absolute Gasteiger partial charge is 0.219 e. The molecule has 0 aromatic heterocycles. The number of piperazine rings is 1. The van der Waals surface area contributed by atoms with Crippen LogP contribution in [0.25, 0.3) is 0 Å². The van der Waals surface area contributed by atoms with Crippen LogP contribution >= 0.6 is 0 Å². The monoisotopic (exact) mass is 238 g/mol. The van der Waals surface area contributed by atoms with Crippen LogP contribution in [0.4, 0.5) is 0 Å². The fraction of sp³-hybridized carbons (Fsp3) is 0.769. The average molecular weight is 238 g/mol. The highest BCUT2D eigenvalue weighted by molar-refractivity contribution is 5.97. The van der Waals surface area contributed by atoms with Crippen LogP contribution in [0.1, 0.15) is 19.8 Å². The van der Waals surface area contributed by atoms with Crippen molar-refractivity contribution >= 4 is 5.78 Å². The molecule has 4 nitrogen and oxygen atoms in total. The highest BCUT2D eigenvalue weighted by Crippen LogP contribution is 2.00. The molecule has 1 rings (SSSR count). The SMILES string of the molecule is CCCC#CC(=O)CN1CCN(CCO)CC1. The lowest BCUT2D eigenvalue weighted by molar-refractivity contribution is -0.115. The molecule has 0 unspecified atom stereocenters. The Morgan fingerprint density at radius 2 is 1.88 bits per heavy atom. The van der Waals surface area contributed by atoms with Gasteiger partial charge in [-0.1, -0.05) is 12.8 Å². The lowest BCUT2D eigenvalue weighted by Crippen LogP contribution is -2.48. The molecule has 0 aromatic carbocycles. The van der Waals surface area contributed by atoms with E-state index in [-0.39, 0.29) is 12.4 Å². The maximum atomic E-state index is 11.5. The number of rotatable bonds is 5. The van der Waals surface area contributed by atoms with Crippen LogP contribution in [0.2, 0.25) is 0 Å². The third kappa shape index (κ3) is 5.83. The molecule has 1 saturated heterocycles. The van der Waals surface area contributed by atoms with Gasteiger partial charge in [0.25, 0.3) is 0 Å². The molecule has 1 N–H and O–H groups in total. The fourth-order valence-electron chi connectivity index (χ4n) is 1.84. The molecule has 0 bridgehead atoms. The number of β-amino-alcohol motifs (C(OH)–C–C–N with tert-alkyl or cyclic N) is 1. The van der Waals surface area contributed by atoms with E-state index in [9.17, 15) is 4.79 Å². The molecular weight excluding hydrogens is 216 g/mol. The largest absolute Gasteiger partial charge is 0.395 e. The average Bonchev–Trinajstić information content (AvgIpc) is 2.32. The maximum Gasteiger partial charge on any atom is 0.219 e. The Kier molecular flexibility index (Phi) is 6.87. The van der Waals surface area contributed by atoms with Crippen LogP contribution in [-0.2, 0) is 4.79 Å². The van der Waals surface area contributed by atoms with Crippen LogP contribution in [-0.4, -0.2) is 66.6 Å². The molecule has 0 spiro atoms. The molecule has 0 aromatic rings. The van der Waals surface area contributed by atoms with Gasteiger partial charge >= 0.3 is 0 Å². The van der Waals surface area contributed by atoms with Gasteiger partial charge < -0.3 is 5.11 Å². The fourth-order valence-corrected chi connectivity index (χ4v) is 1.84. The van der Waals surface area contributed by atoms with Crippen LogP contribution in [0, 0.1) is 11.8 Å². The van der Waals surface area contributed by atoms with E-state index in [1.807, 2.05) is 0 Å². The molecule has 0 radical (unpaired) electrons. The second-order valence-corrected chi connectivity index (χ2v) is 4.32. The van der Waals surface area contributed by atoms with Gasteiger partial charge in [0.1, 0.15) is 0 Å². The molecule has 1 aliphatic rings. The number of carbonyl (C=O) groups excluding carboxylic acids is 1. The number of unbranched alkanes of at least 4 members (excludes halogenated alkanes) is 1. The van der Waals surface area contributed by atoms with Gasteiger partial charge in [-0.15, -0.1) is 0 Å². The molecule has 1 fully saturated rings. The van der Waals surface area contributed by atoms with E-state index < -0.39 is 0 Å². The minimum absolute atomic E-state index is 0.0223. The predicted molar refractivity (Wildman–Crippen MR) is 67.7 cm³/mol. The van der Waals surface area contributed by atoms with Crippen molar-refractivity contribution in [3.05, 3.63) is 0 Å². The molecular formula is C13H22N2O2. The number of ketones is 1. The van der Waals surface area contributed by atoms with Gasteiger partial charge in [-0.25, -0.2) is 0 Å². The van der Waals surface area contributed by atoms with Gasteiger partial charge in [0.2, 0.25) is 5.78 Å². The quantitative estimate of drug-likeness (QED) is 0.539. The van der Waals surface area contributed by atoms with Gasteiger partial charge in [0, 0.05) is 39.1 Å². The minimum atomic E-state index is 0.0223. The van der Waals surface area contributed by atoms with E-state index in [1.54, 1.807) is 0 Å². The van der Waals surface area contributed by atoms with Crippen molar-refractivity contribution in [2.45, 2.75) is 19.8 Å². The molecule has 96 valence electrons. The van der Waals surface area contributed by atoms with Crippen molar-refractivity contribution in [1.29, 1.82) is 0 Å². The van der Waals surface area contributed by atoms with E-state index >= 15 is 0 Å². The van der Waals surface area contributed by atoms with Gasteiger partial charge in [-0.3, -0.25) is 14.6 Å². The second kappa shape index (κ2) is 8.24. The van der Waals surface area contributed by atoms with Crippen LogP contribution in [0.15, 0.2) is 0 Å². The minimum Gasteiger partial charge on any atom is -0.395 e. The predicted octanol–water partition coefficient (Wildman–Crippen LogP) is -0.0311. The number of hydrogen-bond acceptors (Lipinski definition) is 4. The first-order chi connectivity index (χ1) is 8.26. The normalized spacial score (nSPS) is 17.5. The summed E-state index contributed by atoms with van der Waals surface area (Å²) in [5.41, 5.74) is 0. The maximum absolute atomic E-state index is 11.5. The molecule has 1 heterocycles. The van der Waals surface area contributed by atoms with E-state index in [2.05, 4.69) is 28.6 Å². The zero-order valence-electron chi connectivity index (χ0n) is 10.6. The van der Waals surface area contributed by atoms with E-state index in [0.717, 1.165) is 45.6 Å². The summed E-state index contributed by atoms with van der Waals surface area (Å²) in [7, 11) is 0. The highest BCUT2D eigenvalue weighted by atomic mass is 16.3. The number of nitrogens with zero attached hydrogens (tertiary/aromatic N) is 2. The topological polar surface area (TPSA) is 43.8 Å². The summed E-state index contributed by atoms with van der Waals surface area (Å²) in [5.74, 6) is 5.59. The van der Waals surface area contributed by atoms with Crippen molar-refractivity contribution in [3.63, 3.8) is 0 Å². The lowest BCUT2D eigenvalue weighted by atomic mass is 10.2. The molecule has 1 aliphatic heterocycles. The number of aliphatic hydroxyl groups excluding tert-OH is 1. The van der Waals surface area contributed by atoms with Crippen molar-refractivity contribution in [2.75, 3.05) is 45.9 Å². The first-order valence-electron chi connectivity index (χ1n) is 6.33. The summed E-state index contributed by atoms with van der Waals surface area (Å²) in [5, 5.41) is 8.82. The molecule has 0 saturated carbocycles. The Hall–Kier alpha value is -0.890. The van der Waals surface area contributed by atoms with Gasteiger partial charge in [0.15, 0.2) is 0 Å². The first-order valence-corrected chi connectivity index (χ1v) is 6.33. The van der Waals surface area contributed by atoms with E-state index in [0.29, 0.717) is 6.54 Å². The van der Waals surface area contributed by atoms with Crippen LogP contribution in [0.3, 0.4) is 0 Å². The summed E-state index contributed by atoms with van der Waals surface area (Å²) in [6.45, 7) is 7.08. The summed E-state index contributed by atoms with van der Waals surface area (Å²) in [4.78, 5) is 15.9. The van der Waals surface area contributed by atoms with Crippen LogP contribution in [0.5, 0.6) is 0 Å². The number of hydrogen-bond donors (Lipinski definition) is 1. The van der Waals surface area contributed by atoms with Crippen molar-refractivity contribution in [1.82, 2.24) is 9.80 Å². The summed E-state index contributed by atoms with van der Waals surface area (Å²) in [6, 6.07) is 0. The zero-order chi connectivity index (χ0) is 12.5. The summed E-state index contributed by atoms with van der Waals surface area (Å²) in [6.07, 6.45) is 1.80. The van der Waals surface area contributed by atoms with Gasteiger partial charge in [0.05, 0.1) is 13.2 Å². The van der Waals surface area contributed by atoms with Gasteiger partial charge in [-0.2, -0.15) is 0 Å². The van der Waals surface area contributed by atoms with E-state index in [4.69, 9.17) is 5.11 Å². The third-order valence-corrected chi connectivity index (χ3v) is 2.85. The lowest BCUT2D eigenvalue weighted by Gasteiger charge is -2.33. The number of Topliss-reactive ketones (excluding diaryl/α,β-unsaturated/α-hetero) is 1. The highest BCUT2D eigenvalue weighted by Gasteiger charge is 2.17. The standard InChI is InChI=1S/C13H22N2O2/c1-2-3-4-5-13(17)12-15-8-6-14(7-9-15)10-11-16/h16H,2-3,6-12H2,1H3. The molecule has 0 atom stereocenters. The zero-order valence-corrected chi connectivity index (χ0v) is 10.6. The number of aliphatic hydroxyl groups is 1. The molecule has 0 aliphatic carbocycles. The van der Waals surface area contributed by atoms with E-state index in [1.165, 1.54) is 0 Å². The first kappa shape index (κ1) is 14.2. The number of carbonyl (C=O) groups is 1. The van der Waals surface area contributed by atoms with Crippen molar-refractivity contribution in [3.8, 4) is 11.8 Å². The second-order valence-electron chi connectivity index (χ2n) is 4.32. The van der Waals surface area contributed by atoms with Gasteiger partial charge in [-0.05, 0) is 12.3 Å². The summed E-state index contributed by atoms with van der Waals surface area (Å²) >= 11 is 0. The molecule has 4 heteroatoms. The Bertz CT molecular complexity index is 286. The van der Waals surface area contributed by atoms with Crippen LogP contribution < -0.4 is 0 Å². The Morgan fingerprint density at radius 1 is 1.24 bits per heavy atom. The summed E-state index contributed by atoms with van der Waals surface area (Å²) < 4.78 is 0. The molecule has 17 heavy (non-hydrogen) atoms. The van der Waals surface area contributed by atoms with Crippen molar-refractivity contribution in [2.24, 2.45) is 0 Å². The Balaban J connectivity index is 2.22. The molecule has 0 amide bonds.